The zero-order chi connectivity index (χ0) is 15.2. The van der Waals surface area contributed by atoms with Crippen LogP contribution in [-0.4, -0.2) is 31.1 Å². The number of carbonyl (C=O) groups excluding carboxylic acids is 2. The molecule has 0 unspecified atom stereocenters. The Morgan fingerprint density at radius 3 is 2.38 bits per heavy atom. The second kappa shape index (κ2) is 6.56. The second-order valence-corrected chi connectivity index (χ2v) is 4.26. The molecule has 0 aliphatic carbocycles. The lowest BCUT2D eigenvalue weighted by Crippen LogP contribution is -1.93. The minimum absolute atomic E-state index is 0.400. The molecule has 1 aromatic carbocycles. The molecule has 0 saturated carbocycles. The number of benzene rings is 1. The third kappa shape index (κ3) is 3.60. The summed E-state index contributed by atoms with van der Waals surface area (Å²) in [5, 5.41) is 0.977. The molecule has 1 heterocycles. The topological polar surface area (TPSA) is 68.4 Å². The van der Waals surface area contributed by atoms with Crippen LogP contribution in [0.3, 0.4) is 0 Å². The van der Waals surface area contributed by atoms with Gasteiger partial charge in [-0.1, -0.05) is 12.1 Å². The molecule has 108 valence electrons. The van der Waals surface area contributed by atoms with Gasteiger partial charge in [-0.05, 0) is 23.8 Å². The summed E-state index contributed by atoms with van der Waals surface area (Å²) in [6, 6.07) is 5.70. The number of hydrogen-bond donors (Lipinski definition) is 1. The largest absolute Gasteiger partial charge is 0.466 e. The lowest BCUT2D eigenvalue weighted by atomic mass is 10.1. The van der Waals surface area contributed by atoms with Crippen LogP contribution in [0, 0.1) is 0 Å². The molecule has 0 atom stereocenters. The predicted octanol–water partition coefficient (Wildman–Crippen LogP) is 2.54. The molecule has 0 spiro atoms. The van der Waals surface area contributed by atoms with Crippen LogP contribution in [0.2, 0.25) is 0 Å². The van der Waals surface area contributed by atoms with E-state index in [1.807, 2.05) is 18.2 Å². The maximum Gasteiger partial charge on any atom is 0.330 e. The fourth-order valence-corrected chi connectivity index (χ4v) is 1.87. The molecule has 2 aromatic rings. The number of methoxy groups -OCH3 is 2. The first-order valence-electron chi connectivity index (χ1n) is 6.27. The van der Waals surface area contributed by atoms with Gasteiger partial charge in [0.1, 0.15) is 0 Å². The highest BCUT2D eigenvalue weighted by Gasteiger charge is 2.02. The average Bonchev–Trinajstić information content (AvgIpc) is 2.92. The number of H-pyrrole nitrogens is 1. The van der Waals surface area contributed by atoms with Crippen molar-refractivity contribution in [1.82, 2.24) is 4.98 Å². The number of fused-ring (bicyclic) bond motifs is 1. The van der Waals surface area contributed by atoms with Gasteiger partial charge in [-0.3, -0.25) is 0 Å². The molecule has 0 radical (unpaired) electrons. The van der Waals surface area contributed by atoms with E-state index in [2.05, 4.69) is 14.5 Å². The zero-order valence-corrected chi connectivity index (χ0v) is 11.8. The zero-order valence-electron chi connectivity index (χ0n) is 11.8. The van der Waals surface area contributed by atoms with E-state index in [-0.39, 0.29) is 0 Å². The Kier molecular flexibility index (Phi) is 4.56. The fraction of sp³-hybridized carbons (Fsp3) is 0.125. The number of rotatable bonds is 4. The Morgan fingerprint density at radius 1 is 1.05 bits per heavy atom. The molecule has 0 aliphatic heterocycles. The molecule has 21 heavy (non-hydrogen) atoms. The normalized spacial score (nSPS) is 11.3. The summed E-state index contributed by atoms with van der Waals surface area (Å²) in [5.74, 6) is -0.801. The van der Waals surface area contributed by atoms with E-state index in [1.54, 1.807) is 18.3 Å². The molecular weight excluding hydrogens is 270 g/mol. The van der Waals surface area contributed by atoms with Crippen LogP contribution in [-0.2, 0) is 19.1 Å². The van der Waals surface area contributed by atoms with E-state index in [4.69, 9.17) is 0 Å². The van der Waals surface area contributed by atoms with Crippen LogP contribution < -0.4 is 0 Å². The molecule has 2 rings (SSSR count). The van der Waals surface area contributed by atoms with Gasteiger partial charge >= 0.3 is 11.9 Å². The van der Waals surface area contributed by atoms with Crippen LogP contribution in [0.5, 0.6) is 0 Å². The van der Waals surface area contributed by atoms with Crippen LogP contribution >= 0.6 is 0 Å². The number of aromatic amines is 1. The van der Waals surface area contributed by atoms with Gasteiger partial charge in [0.05, 0.1) is 14.2 Å². The van der Waals surface area contributed by atoms with Crippen molar-refractivity contribution in [2.24, 2.45) is 0 Å². The van der Waals surface area contributed by atoms with E-state index in [0.29, 0.717) is 0 Å². The van der Waals surface area contributed by atoms with Gasteiger partial charge < -0.3 is 14.5 Å². The SMILES string of the molecule is COC(=O)/C=C/c1ccc2c(/C=C/C(=O)OC)c[nH]c2c1. The molecule has 1 aromatic heterocycles. The van der Waals surface area contributed by atoms with E-state index in [9.17, 15) is 9.59 Å². The van der Waals surface area contributed by atoms with Gasteiger partial charge in [0.15, 0.2) is 0 Å². The van der Waals surface area contributed by atoms with Crippen LogP contribution in [0.4, 0.5) is 0 Å². The highest BCUT2D eigenvalue weighted by molar-refractivity contribution is 5.95. The third-order valence-corrected chi connectivity index (χ3v) is 2.95. The Labute approximate surface area is 121 Å². The Bertz CT molecular complexity index is 725. The van der Waals surface area contributed by atoms with E-state index in [1.165, 1.54) is 26.4 Å². The molecule has 0 aliphatic rings. The van der Waals surface area contributed by atoms with Gasteiger partial charge in [-0.15, -0.1) is 0 Å². The van der Waals surface area contributed by atoms with E-state index < -0.39 is 11.9 Å². The lowest BCUT2D eigenvalue weighted by Gasteiger charge is -1.96. The van der Waals surface area contributed by atoms with Gasteiger partial charge in [-0.25, -0.2) is 9.59 Å². The van der Waals surface area contributed by atoms with Crippen LogP contribution in [0.1, 0.15) is 11.1 Å². The van der Waals surface area contributed by atoms with Crippen molar-refractivity contribution in [3.05, 3.63) is 47.7 Å². The van der Waals surface area contributed by atoms with Crippen LogP contribution in [0.15, 0.2) is 36.5 Å². The Morgan fingerprint density at radius 2 is 1.71 bits per heavy atom. The fourth-order valence-electron chi connectivity index (χ4n) is 1.87. The molecule has 5 heteroatoms. The minimum Gasteiger partial charge on any atom is -0.466 e. The molecular formula is C16H15NO4. The number of ether oxygens (including phenoxy) is 2. The monoisotopic (exact) mass is 285 g/mol. The number of nitrogens with one attached hydrogen (secondary N) is 1. The lowest BCUT2D eigenvalue weighted by molar-refractivity contribution is -0.135. The predicted molar refractivity (Wildman–Crippen MR) is 80.4 cm³/mol. The smallest absolute Gasteiger partial charge is 0.330 e. The molecule has 5 nitrogen and oxygen atoms in total. The Balaban J connectivity index is 2.27. The van der Waals surface area contributed by atoms with Crippen molar-refractivity contribution in [3.8, 4) is 0 Å². The van der Waals surface area contributed by atoms with E-state index >= 15 is 0 Å². The summed E-state index contributed by atoms with van der Waals surface area (Å²) in [6.45, 7) is 0. The minimum atomic E-state index is -0.401. The van der Waals surface area contributed by atoms with Crippen molar-refractivity contribution in [2.45, 2.75) is 0 Å². The summed E-state index contributed by atoms with van der Waals surface area (Å²) in [7, 11) is 2.67. The maximum absolute atomic E-state index is 11.1. The molecule has 1 N–H and O–H groups in total. The summed E-state index contributed by atoms with van der Waals surface area (Å²) in [5.41, 5.74) is 2.67. The van der Waals surface area contributed by atoms with E-state index in [0.717, 1.165) is 22.0 Å². The standard InChI is InChI=1S/C16H15NO4/c1-20-15(18)7-4-11-3-6-13-12(5-8-16(19)21-2)10-17-14(13)9-11/h3-10,17H,1-2H3/b7-4+,8-5+. The number of aromatic nitrogens is 1. The quantitative estimate of drug-likeness (QED) is 0.692. The van der Waals surface area contributed by atoms with Gasteiger partial charge in [0.2, 0.25) is 0 Å². The number of esters is 2. The summed E-state index contributed by atoms with van der Waals surface area (Å²) < 4.78 is 9.10. The molecule has 0 fully saturated rings. The van der Waals surface area contributed by atoms with Gasteiger partial charge in [0.25, 0.3) is 0 Å². The highest BCUT2D eigenvalue weighted by atomic mass is 16.5. The third-order valence-electron chi connectivity index (χ3n) is 2.95. The number of carbonyl (C=O) groups is 2. The summed E-state index contributed by atoms with van der Waals surface area (Å²) in [4.78, 5) is 25.3. The average molecular weight is 285 g/mol. The molecule has 0 bridgehead atoms. The van der Waals surface area contributed by atoms with Crippen molar-refractivity contribution in [2.75, 3.05) is 14.2 Å². The highest BCUT2D eigenvalue weighted by Crippen LogP contribution is 2.21. The van der Waals surface area contributed by atoms with Crippen molar-refractivity contribution in [1.29, 1.82) is 0 Å². The summed E-state index contributed by atoms with van der Waals surface area (Å²) in [6.07, 6.45) is 7.90. The Hall–Kier alpha value is -2.82. The molecule has 0 saturated heterocycles. The van der Waals surface area contributed by atoms with Crippen molar-refractivity contribution in [3.63, 3.8) is 0 Å². The van der Waals surface area contributed by atoms with Gasteiger partial charge in [-0.2, -0.15) is 0 Å². The summed E-state index contributed by atoms with van der Waals surface area (Å²) >= 11 is 0. The van der Waals surface area contributed by atoms with Crippen LogP contribution in [0.25, 0.3) is 23.1 Å². The first kappa shape index (κ1) is 14.6. The van der Waals surface area contributed by atoms with Gasteiger partial charge in [0, 0.05) is 34.8 Å². The van der Waals surface area contributed by atoms with Crippen molar-refractivity contribution < 1.29 is 19.1 Å². The number of hydrogen-bond acceptors (Lipinski definition) is 4. The van der Waals surface area contributed by atoms with Crippen molar-refractivity contribution >= 4 is 35.0 Å². The first-order chi connectivity index (χ1) is 10.1. The maximum atomic E-state index is 11.1. The molecule has 0 amide bonds. The first-order valence-corrected chi connectivity index (χ1v) is 6.27. The second-order valence-electron chi connectivity index (χ2n) is 4.26.